The minimum absolute atomic E-state index is 0.376. The minimum Gasteiger partial charge on any atom is -0.492 e. The van der Waals surface area contributed by atoms with Gasteiger partial charge in [-0.05, 0) is 37.4 Å². The molecule has 1 aliphatic carbocycles. The van der Waals surface area contributed by atoms with Crippen LogP contribution in [0.25, 0.3) is 21.6 Å². The van der Waals surface area contributed by atoms with E-state index >= 15 is 0 Å². The molecule has 4 aromatic heterocycles. The summed E-state index contributed by atoms with van der Waals surface area (Å²) in [5.41, 5.74) is 4.10. The van der Waals surface area contributed by atoms with Gasteiger partial charge < -0.3 is 24.8 Å². The standard InChI is InChI=1S/C33H46N8O3SSi/c1-46(2,3)16-15-43-23-36-31-28(33-40-39-32(45-33)24-7-4-5-8-24)19-29-30(38-31)18-26(21-35-29)37-25-17-27(22-34-20-25)44-12-6-9-41-10-13-42-14-11-41/h17-22,24,37H,4-16,23H2,1-3H3,(H,36,38). The molecular formula is C33H46N8O3SSi. The molecule has 2 N–H and O–H groups in total. The smallest absolute Gasteiger partial charge is 0.151 e. The molecule has 2 fully saturated rings. The fourth-order valence-corrected chi connectivity index (χ4v) is 7.49. The van der Waals surface area contributed by atoms with Gasteiger partial charge in [-0.1, -0.05) is 43.8 Å². The molecule has 46 heavy (non-hydrogen) atoms. The second-order valence-corrected chi connectivity index (χ2v) is 19.9. The third kappa shape index (κ3) is 9.19. The van der Waals surface area contributed by atoms with Crippen molar-refractivity contribution >= 4 is 47.6 Å². The van der Waals surface area contributed by atoms with Crippen molar-refractivity contribution in [3.05, 3.63) is 41.8 Å². The van der Waals surface area contributed by atoms with E-state index in [1.165, 1.54) is 25.7 Å². The van der Waals surface area contributed by atoms with Crippen LogP contribution in [-0.4, -0.2) is 90.9 Å². The summed E-state index contributed by atoms with van der Waals surface area (Å²) in [5, 5.41) is 18.0. The Hall–Kier alpha value is -3.23. The average molecular weight is 663 g/mol. The first kappa shape index (κ1) is 32.7. The largest absolute Gasteiger partial charge is 0.492 e. The first-order chi connectivity index (χ1) is 22.4. The van der Waals surface area contributed by atoms with Crippen LogP contribution in [0, 0.1) is 0 Å². The predicted octanol–water partition coefficient (Wildman–Crippen LogP) is 6.77. The van der Waals surface area contributed by atoms with Crippen molar-refractivity contribution in [3.63, 3.8) is 0 Å². The van der Waals surface area contributed by atoms with Gasteiger partial charge in [-0.25, -0.2) is 4.98 Å². The van der Waals surface area contributed by atoms with Gasteiger partial charge in [-0.2, -0.15) is 0 Å². The van der Waals surface area contributed by atoms with Crippen LogP contribution in [0.1, 0.15) is 43.0 Å². The third-order valence-corrected chi connectivity index (χ3v) is 11.2. The van der Waals surface area contributed by atoms with Gasteiger partial charge in [0.05, 0.1) is 66.4 Å². The lowest BCUT2D eigenvalue weighted by molar-refractivity contribution is 0.0358. The molecule has 1 saturated carbocycles. The normalized spacial score (nSPS) is 16.2. The Kier molecular flexibility index (Phi) is 11.1. The van der Waals surface area contributed by atoms with E-state index in [4.69, 9.17) is 24.2 Å². The molecule has 13 heteroatoms. The van der Waals surface area contributed by atoms with Crippen LogP contribution in [0.5, 0.6) is 5.75 Å². The van der Waals surface area contributed by atoms with Crippen LogP contribution in [0.4, 0.5) is 17.2 Å². The van der Waals surface area contributed by atoms with Crippen LogP contribution in [0.15, 0.2) is 36.8 Å². The van der Waals surface area contributed by atoms with Gasteiger partial charge in [0, 0.05) is 46.3 Å². The molecule has 5 heterocycles. The molecule has 4 aromatic rings. The van der Waals surface area contributed by atoms with Crippen molar-refractivity contribution in [2.45, 2.75) is 63.7 Å². The van der Waals surface area contributed by atoms with E-state index in [-0.39, 0.29) is 0 Å². The highest BCUT2D eigenvalue weighted by Crippen LogP contribution is 2.39. The first-order valence-corrected chi connectivity index (χ1v) is 21.0. The van der Waals surface area contributed by atoms with Crippen LogP contribution in [0.2, 0.25) is 25.7 Å². The quantitative estimate of drug-likeness (QED) is 0.0797. The van der Waals surface area contributed by atoms with Gasteiger partial charge in [-0.3, -0.25) is 14.9 Å². The lowest BCUT2D eigenvalue weighted by Crippen LogP contribution is -2.37. The summed E-state index contributed by atoms with van der Waals surface area (Å²) in [6.45, 7) is 13.4. The van der Waals surface area contributed by atoms with Crippen LogP contribution in [0.3, 0.4) is 0 Å². The van der Waals surface area contributed by atoms with E-state index in [0.717, 1.165) is 101 Å². The molecule has 0 bridgehead atoms. The molecule has 1 aliphatic heterocycles. The number of fused-ring (bicyclic) bond motifs is 1. The van der Waals surface area contributed by atoms with Gasteiger partial charge in [0.2, 0.25) is 0 Å². The monoisotopic (exact) mass is 662 g/mol. The Balaban J connectivity index is 1.15. The lowest BCUT2D eigenvalue weighted by Gasteiger charge is -2.26. The maximum absolute atomic E-state index is 6.01. The third-order valence-electron chi connectivity index (χ3n) is 8.37. The molecule has 0 spiro atoms. The maximum atomic E-state index is 6.01. The van der Waals surface area contributed by atoms with Crippen LogP contribution < -0.4 is 15.4 Å². The number of hydrogen-bond acceptors (Lipinski definition) is 12. The number of morpholine rings is 1. The zero-order valence-electron chi connectivity index (χ0n) is 27.3. The molecule has 2 aliphatic rings. The fraction of sp³-hybridized carbons (Fsp3) is 0.545. The Bertz CT molecular complexity index is 1570. The fourth-order valence-electron chi connectivity index (χ4n) is 5.70. The number of ether oxygens (including phenoxy) is 3. The summed E-state index contributed by atoms with van der Waals surface area (Å²) in [6, 6.07) is 7.14. The highest BCUT2D eigenvalue weighted by molar-refractivity contribution is 7.14. The highest BCUT2D eigenvalue weighted by Gasteiger charge is 2.23. The lowest BCUT2D eigenvalue weighted by atomic mass is 10.1. The van der Waals surface area contributed by atoms with Gasteiger partial charge in [0.1, 0.15) is 23.3 Å². The number of pyridine rings is 3. The summed E-state index contributed by atoms with van der Waals surface area (Å²) >= 11 is 1.67. The van der Waals surface area contributed by atoms with E-state index in [0.29, 0.717) is 19.3 Å². The summed E-state index contributed by atoms with van der Waals surface area (Å²) in [4.78, 5) is 16.6. The average Bonchev–Trinajstić information content (AvgIpc) is 3.76. The molecule has 0 aromatic carbocycles. The Labute approximate surface area is 276 Å². The number of hydrogen-bond donors (Lipinski definition) is 2. The molecule has 0 radical (unpaired) electrons. The summed E-state index contributed by atoms with van der Waals surface area (Å²) in [7, 11) is -1.17. The number of nitrogens with zero attached hydrogens (tertiary/aromatic N) is 6. The topological polar surface area (TPSA) is 119 Å². The predicted molar refractivity (Wildman–Crippen MR) is 187 cm³/mol. The van der Waals surface area contributed by atoms with Crippen molar-refractivity contribution in [3.8, 4) is 16.3 Å². The SMILES string of the molecule is C[Si](C)(C)CCOCNc1nc2cc(Nc3cncc(OCCCN4CCOCC4)c3)cnc2cc1-c1nnc(C2CCCC2)s1. The van der Waals surface area contributed by atoms with Crippen molar-refractivity contribution in [1.82, 2.24) is 30.0 Å². The summed E-state index contributed by atoms with van der Waals surface area (Å²) in [5.74, 6) is 1.97. The van der Waals surface area contributed by atoms with Crippen LogP contribution >= 0.6 is 11.3 Å². The van der Waals surface area contributed by atoms with Gasteiger partial charge >= 0.3 is 0 Å². The first-order valence-electron chi connectivity index (χ1n) is 16.5. The zero-order chi connectivity index (χ0) is 31.8. The van der Waals surface area contributed by atoms with Crippen molar-refractivity contribution < 1.29 is 14.2 Å². The summed E-state index contributed by atoms with van der Waals surface area (Å²) < 4.78 is 17.4. The Morgan fingerprint density at radius 1 is 0.978 bits per heavy atom. The van der Waals surface area contributed by atoms with E-state index in [1.807, 2.05) is 18.3 Å². The molecule has 1 saturated heterocycles. The Morgan fingerprint density at radius 2 is 1.80 bits per heavy atom. The van der Waals surface area contributed by atoms with Gasteiger partial charge in [0.25, 0.3) is 0 Å². The van der Waals surface area contributed by atoms with Gasteiger partial charge in [-0.15, -0.1) is 10.2 Å². The maximum Gasteiger partial charge on any atom is 0.151 e. The Morgan fingerprint density at radius 3 is 2.63 bits per heavy atom. The van der Waals surface area contributed by atoms with Gasteiger partial charge in [0.15, 0.2) is 5.01 Å². The molecule has 0 atom stereocenters. The minimum atomic E-state index is -1.17. The molecule has 0 amide bonds. The molecule has 11 nitrogen and oxygen atoms in total. The highest BCUT2D eigenvalue weighted by atomic mass is 32.1. The number of nitrogens with one attached hydrogen (secondary N) is 2. The van der Waals surface area contributed by atoms with E-state index < -0.39 is 8.07 Å². The van der Waals surface area contributed by atoms with Crippen molar-refractivity contribution in [2.75, 3.05) is 63.4 Å². The van der Waals surface area contributed by atoms with E-state index in [1.54, 1.807) is 23.7 Å². The number of aromatic nitrogens is 5. The molecule has 0 unspecified atom stereocenters. The number of rotatable bonds is 15. The second-order valence-electron chi connectivity index (χ2n) is 13.3. The molecule has 6 rings (SSSR count). The van der Waals surface area contributed by atoms with Crippen LogP contribution in [-0.2, 0) is 9.47 Å². The van der Waals surface area contributed by atoms with E-state index in [2.05, 4.69) is 56.4 Å². The van der Waals surface area contributed by atoms with Crippen molar-refractivity contribution in [1.29, 1.82) is 0 Å². The zero-order valence-corrected chi connectivity index (χ0v) is 29.1. The van der Waals surface area contributed by atoms with Crippen molar-refractivity contribution in [2.24, 2.45) is 0 Å². The second kappa shape index (κ2) is 15.6. The summed E-state index contributed by atoms with van der Waals surface area (Å²) in [6.07, 6.45) is 11.2. The number of anilines is 3. The van der Waals surface area contributed by atoms with E-state index in [9.17, 15) is 0 Å². The molecule has 246 valence electrons. The molecular weight excluding hydrogens is 617 g/mol.